The van der Waals surface area contributed by atoms with E-state index in [-0.39, 0.29) is 0 Å². The number of alkyl halides is 3. The Hall–Kier alpha value is -0.750. The minimum absolute atomic E-state index is 0.476. The second-order valence-corrected chi connectivity index (χ2v) is 5.52. The van der Waals surface area contributed by atoms with Gasteiger partial charge >= 0.3 is 6.18 Å². The van der Waals surface area contributed by atoms with E-state index in [2.05, 4.69) is 21.2 Å². The van der Waals surface area contributed by atoms with Gasteiger partial charge < -0.3 is 10.1 Å². The van der Waals surface area contributed by atoms with Crippen molar-refractivity contribution in [2.75, 3.05) is 13.7 Å². The molecule has 0 amide bonds. The van der Waals surface area contributed by atoms with Crippen LogP contribution >= 0.6 is 15.9 Å². The lowest BCUT2D eigenvalue weighted by Gasteiger charge is -2.23. The lowest BCUT2D eigenvalue weighted by molar-refractivity contribution is -0.140. The number of ether oxygens (including phenoxy) is 1. The minimum atomic E-state index is -4.23. The van der Waals surface area contributed by atoms with Crippen LogP contribution in [0, 0.1) is 6.92 Å². The first-order chi connectivity index (χ1) is 9.28. The molecule has 0 aromatic heterocycles. The smallest absolute Gasteiger partial charge is 0.390 e. The van der Waals surface area contributed by atoms with E-state index in [0.717, 1.165) is 16.5 Å². The van der Waals surface area contributed by atoms with Crippen LogP contribution in [0.3, 0.4) is 0 Å². The molecule has 114 valence electrons. The molecule has 0 saturated carbocycles. The van der Waals surface area contributed by atoms with Crippen LogP contribution in [0.15, 0.2) is 16.6 Å². The van der Waals surface area contributed by atoms with E-state index in [0.29, 0.717) is 17.9 Å². The Labute approximate surface area is 125 Å². The van der Waals surface area contributed by atoms with Crippen molar-refractivity contribution < 1.29 is 17.9 Å². The van der Waals surface area contributed by atoms with Crippen LogP contribution in [-0.2, 0) is 0 Å². The zero-order chi connectivity index (χ0) is 15.3. The molecule has 0 saturated heterocycles. The molecule has 2 nitrogen and oxygen atoms in total. The summed E-state index contributed by atoms with van der Waals surface area (Å²) in [5, 5.41) is 2.94. The number of hydrogen-bond donors (Lipinski definition) is 1. The second-order valence-electron chi connectivity index (χ2n) is 4.67. The normalized spacial score (nSPS) is 13.3. The fraction of sp³-hybridized carbons (Fsp3) is 0.571. The van der Waals surface area contributed by atoms with Crippen molar-refractivity contribution in [2.45, 2.75) is 38.9 Å². The van der Waals surface area contributed by atoms with Gasteiger partial charge in [0.2, 0.25) is 0 Å². The van der Waals surface area contributed by atoms with Crippen molar-refractivity contribution in [3.63, 3.8) is 0 Å². The van der Waals surface area contributed by atoms with Gasteiger partial charge in [-0.25, -0.2) is 0 Å². The molecule has 0 aliphatic carbocycles. The molecule has 0 radical (unpaired) electrons. The topological polar surface area (TPSA) is 21.3 Å². The first-order valence-corrected chi connectivity index (χ1v) is 7.22. The highest BCUT2D eigenvalue weighted by Crippen LogP contribution is 2.36. The third kappa shape index (κ3) is 4.98. The summed E-state index contributed by atoms with van der Waals surface area (Å²) in [5.41, 5.74) is 1.45. The number of hydrogen-bond acceptors (Lipinski definition) is 2. The Morgan fingerprint density at radius 1 is 1.35 bits per heavy atom. The number of methoxy groups -OCH3 is 1. The molecule has 1 rings (SSSR count). The van der Waals surface area contributed by atoms with Gasteiger partial charge in [-0.15, -0.1) is 0 Å². The highest BCUT2D eigenvalue weighted by molar-refractivity contribution is 9.10. The highest BCUT2D eigenvalue weighted by Gasteiger charge is 2.33. The lowest BCUT2D eigenvalue weighted by atomic mass is 10.0. The molecule has 0 aliphatic rings. The minimum Gasteiger partial charge on any atom is -0.496 e. The van der Waals surface area contributed by atoms with Crippen LogP contribution in [0.1, 0.15) is 36.9 Å². The van der Waals surface area contributed by atoms with Crippen molar-refractivity contribution in [2.24, 2.45) is 0 Å². The Kier molecular flexibility index (Phi) is 6.33. The third-order valence-electron chi connectivity index (χ3n) is 2.96. The zero-order valence-corrected chi connectivity index (χ0v) is 13.4. The molecule has 1 atom stereocenters. The van der Waals surface area contributed by atoms with E-state index in [4.69, 9.17) is 4.74 Å². The Balaban J connectivity index is 3.14. The van der Waals surface area contributed by atoms with Gasteiger partial charge in [0.25, 0.3) is 0 Å². The largest absolute Gasteiger partial charge is 0.496 e. The van der Waals surface area contributed by atoms with Gasteiger partial charge in [0.1, 0.15) is 5.75 Å². The number of aryl methyl sites for hydroxylation is 1. The molecule has 1 aromatic carbocycles. The highest BCUT2D eigenvalue weighted by atomic mass is 79.9. The Bertz CT molecular complexity index is 449. The van der Waals surface area contributed by atoms with Gasteiger partial charge in [0.05, 0.1) is 13.5 Å². The molecule has 0 heterocycles. The van der Waals surface area contributed by atoms with E-state index >= 15 is 0 Å². The molecule has 20 heavy (non-hydrogen) atoms. The van der Waals surface area contributed by atoms with E-state index in [1.807, 2.05) is 13.8 Å². The number of nitrogens with one attached hydrogen (secondary N) is 1. The molecule has 1 N–H and O–H groups in total. The maximum atomic E-state index is 12.7. The molecular weight excluding hydrogens is 335 g/mol. The third-order valence-corrected chi connectivity index (χ3v) is 3.82. The Morgan fingerprint density at radius 3 is 2.50 bits per heavy atom. The molecule has 0 spiro atoms. The van der Waals surface area contributed by atoms with Crippen LogP contribution in [-0.4, -0.2) is 19.8 Å². The van der Waals surface area contributed by atoms with Crippen LogP contribution in [0.4, 0.5) is 13.2 Å². The summed E-state index contributed by atoms with van der Waals surface area (Å²) in [6.45, 7) is 4.31. The van der Waals surface area contributed by atoms with Gasteiger partial charge in [-0.1, -0.05) is 22.9 Å². The molecule has 1 aromatic rings. The van der Waals surface area contributed by atoms with E-state index < -0.39 is 18.6 Å². The molecule has 0 aliphatic heterocycles. The first kappa shape index (κ1) is 17.3. The van der Waals surface area contributed by atoms with Crippen molar-refractivity contribution in [1.29, 1.82) is 0 Å². The first-order valence-electron chi connectivity index (χ1n) is 6.42. The Morgan fingerprint density at radius 2 is 2.00 bits per heavy atom. The summed E-state index contributed by atoms with van der Waals surface area (Å²) in [4.78, 5) is 0. The van der Waals surface area contributed by atoms with Crippen LogP contribution < -0.4 is 10.1 Å². The summed E-state index contributed by atoms with van der Waals surface area (Å²) in [6, 6.07) is 2.64. The molecule has 1 unspecified atom stereocenters. The fourth-order valence-electron chi connectivity index (χ4n) is 1.96. The van der Waals surface area contributed by atoms with E-state index in [9.17, 15) is 13.2 Å². The summed E-state index contributed by atoms with van der Waals surface area (Å²) >= 11 is 3.36. The number of benzene rings is 1. The van der Waals surface area contributed by atoms with Gasteiger partial charge in [0, 0.05) is 16.1 Å². The van der Waals surface area contributed by atoms with E-state index in [1.165, 1.54) is 7.11 Å². The SMILES string of the molecule is CCCNC(CC(F)(F)F)c1cc(Br)c(C)cc1OC. The monoisotopic (exact) mass is 353 g/mol. The molecule has 6 heteroatoms. The maximum Gasteiger partial charge on any atom is 0.390 e. The second kappa shape index (κ2) is 7.31. The number of halogens is 4. The van der Waals surface area contributed by atoms with Gasteiger partial charge in [-0.05, 0) is 37.6 Å². The summed E-state index contributed by atoms with van der Waals surface area (Å²) < 4.78 is 44.2. The van der Waals surface area contributed by atoms with Crippen molar-refractivity contribution in [3.8, 4) is 5.75 Å². The van der Waals surface area contributed by atoms with Crippen molar-refractivity contribution >= 4 is 15.9 Å². The van der Waals surface area contributed by atoms with Gasteiger partial charge in [-0.2, -0.15) is 13.2 Å². The summed E-state index contributed by atoms with van der Waals surface area (Å²) in [6.07, 6.45) is -4.38. The zero-order valence-electron chi connectivity index (χ0n) is 11.8. The molecule has 0 bridgehead atoms. The average Bonchev–Trinajstić information content (AvgIpc) is 2.36. The predicted molar refractivity (Wildman–Crippen MR) is 77.1 cm³/mol. The lowest BCUT2D eigenvalue weighted by Crippen LogP contribution is -2.27. The molecular formula is C14H19BrF3NO. The standard InChI is InChI=1S/C14H19BrF3NO/c1-4-5-19-12(8-14(16,17)18)10-7-11(15)9(2)6-13(10)20-3/h6-7,12,19H,4-5,8H2,1-3H3. The van der Waals surface area contributed by atoms with Crippen molar-refractivity contribution in [1.82, 2.24) is 5.32 Å². The van der Waals surface area contributed by atoms with Crippen LogP contribution in [0.5, 0.6) is 5.75 Å². The summed E-state index contributed by atoms with van der Waals surface area (Å²) in [7, 11) is 1.47. The average molecular weight is 354 g/mol. The van der Waals surface area contributed by atoms with Gasteiger partial charge in [0.15, 0.2) is 0 Å². The number of rotatable bonds is 6. The van der Waals surface area contributed by atoms with Gasteiger partial charge in [-0.3, -0.25) is 0 Å². The maximum absolute atomic E-state index is 12.7. The molecule has 0 fully saturated rings. The quantitative estimate of drug-likeness (QED) is 0.795. The summed E-state index contributed by atoms with van der Waals surface area (Å²) in [5.74, 6) is 0.476. The van der Waals surface area contributed by atoms with Crippen LogP contribution in [0.2, 0.25) is 0 Å². The van der Waals surface area contributed by atoms with Crippen molar-refractivity contribution in [3.05, 3.63) is 27.7 Å². The predicted octanol–water partition coefficient (Wildman–Crippen LogP) is 4.76. The fourth-order valence-corrected chi connectivity index (χ4v) is 2.32. The van der Waals surface area contributed by atoms with Crippen LogP contribution in [0.25, 0.3) is 0 Å². The van der Waals surface area contributed by atoms with E-state index in [1.54, 1.807) is 12.1 Å².